The van der Waals surface area contributed by atoms with Crippen molar-refractivity contribution < 1.29 is 0 Å². The molecule has 0 aromatic carbocycles. The van der Waals surface area contributed by atoms with Gasteiger partial charge in [-0.25, -0.2) is 9.97 Å². The van der Waals surface area contributed by atoms with Crippen molar-refractivity contribution in [3.05, 3.63) is 21.9 Å². The molecule has 19 heavy (non-hydrogen) atoms. The molecule has 0 atom stereocenters. The highest BCUT2D eigenvalue weighted by atomic mass is 35.5. The first-order valence-electron chi connectivity index (χ1n) is 5.68. The van der Waals surface area contributed by atoms with Crippen LogP contribution >= 0.6 is 46.5 Å². The third-order valence-electron chi connectivity index (χ3n) is 2.13. The molecule has 102 valence electrons. The van der Waals surface area contributed by atoms with Crippen LogP contribution in [-0.4, -0.2) is 20.9 Å². The van der Waals surface area contributed by atoms with Gasteiger partial charge in [0.05, 0.1) is 10.0 Å². The van der Waals surface area contributed by atoms with E-state index in [1.807, 2.05) is 6.92 Å². The molecule has 0 saturated carbocycles. The molecule has 0 aliphatic carbocycles. The Bertz CT molecular complexity index is 574. The summed E-state index contributed by atoms with van der Waals surface area (Å²) in [4.78, 5) is 8.72. The zero-order valence-electron chi connectivity index (χ0n) is 10.4. The fourth-order valence-corrected chi connectivity index (χ4v) is 3.39. The van der Waals surface area contributed by atoms with Gasteiger partial charge in [-0.15, -0.1) is 0 Å². The predicted octanol–water partition coefficient (Wildman–Crippen LogP) is 4.52. The van der Waals surface area contributed by atoms with E-state index in [-0.39, 0.29) is 0 Å². The van der Waals surface area contributed by atoms with Crippen LogP contribution in [0.3, 0.4) is 0 Å². The summed E-state index contributed by atoms with van der Waals surface area (Å²) in [6, 6.07) is 1.70. The van der Waals surface area contributed by atoms with Gasteiger partial charge in [-0.2, -0.15) is 4.37 Å². The van der Waals surface area contributed by atoms with Gasteiger partial charge in [-0.1, -0.05) is 30.1 Å². The van der Waals surface area contributed by atoms with Crippen LogP contribution in [0.2, 0.25) is 10.0 Å². The van der Waals surface area contributed by atoms with Gasteiger partial charge in [0.25, 0.3) is 0 Å². The average molecular weight is 335 g/mol. The van der Waals surface area contributed by atoms with Crippen LogP contribution in [0.4, 0.5) is 5.82 Å². The fourth-order valence-electron chi connectivity index (χ4n) is 1.29. The van der Waals surface area contributed by atoms with Gasteiger partial charge >= 0.3 is 0 Å². The topological polar surface area (TPSA) is 50.7 Å². The summed E-state index contributed by atoms with van der Waals surface area (Å²) >= 11 is 15.0. The van der Waals surface area contributed by atoms with Crippen LogP contribution in [0.15, 0.2) is 15.4 Å². The van der Waals surface area contributed by atoms with Crippen LogP contribution in [-0.2, 0) is 0 Å². The van der Waals surface area contributed by atoms with Crippen LogP contribution < -0.4 is 5.32 Å². The maximum absolute atomic E-state index is 6.15. The molecule has 2 aromatic rings. The Kier molecular flexibility index (Phi) is 5.27. The predicted molar refractivity (Wildman–Crippen MR) is 81.8 cm³/mol. The maximum atomic E-state index is 6.15. The lowest BCUT2D eigenvalue weighted by Crippen LogP contribution is -2.03. The average Bonchev–Trinajstić information content (AvgIpc) is 2.77. The van der Waals surface area contributed by atoms with Gasteiger partial charge in [0.15, 0.2) is 4.34 Å². The summed E-state index contributed by atoms with van der Waals surface area (Å²) in [5, 5.41) is 4.90. The Labute approximate surface area is 130 Å². The fraction of sp³-hybridized carbons (Fsp3) is 0.364. The minimum absolute atomic E-state index is 0.518. The molecule has 0 aliphatic rings. The van der Waals surface area contributed by atoms with E-state index in [1.165, 1.54) is 23.3 Å². The number of aryl methyl sites for hydroxylation is 1. The number of hydrogen-bond donors (Lipinski definition) is 1. The molecule has 0 bridgehead atoms. The molecule has 8 heteroatoms. The van der Waals surface area contributed by atoms with E-state index in [0.29, 0.717) is 20.9 Å². The van der Waals surface area contributed by atoms with E-state index in [0.717, 1.165) is 23.1 Å². The number of halogens is 2. The maximum Gasteiger partial charge on any atom is 0.176 e. The Morgan fingerprint density at radius 3 is 2.74 bits per heavy atom. The molecule has 0 saturated heterocycles. The van der Waals surface area contributed by atoms with Gasteiger partial charge in [0.1, 0.15) is 16.7 Å². The number of nitrogens with zero attached hydrogens (tertiary/aromatic N) is 3. The second-order valence-corrected chi connectivity index (χ2v) is 6.54. The lowest BCUT2D eigenvalue weighted by Gasteiger charge is -2.09. The van der Waals surface area contributed by atoms with Crippen molar-refractivity contribution in [2.75, 3.05) is 11.9 Å². The van der Waals surface area contributed by atoms with E-state index in [4.69, 9.17) is 23.2 Å². The summed E-state index contributed by atoms with van der Waals surface area (Å²) in [7, 11) is 0. The lowest BCUT2D eigenvalue weighted by atomic mass is 10.4. The van der Waals surface area contributed by atoms with E-state index in [2.05, 4.69) is 26.6 Å². The monoisotopic (exact) mass is 334 g/mol. The first kappa shape index (κ1) is 14.8. The SMILES string of the molecule is CCCNc1nc(Sc2nc(C)ns2)c(Cl)cc1Cl. The van der Waals surface area contributed by atoms with Crippen molar-refractivity contribution in [1.29, 1.82) is 0 Å². The Hall–Kier alpha value is -0.560. The zero-order chi connectivity index (χ0) is 13.8. The van der Waals surface area contributed by atoms with Crippen LogP contribution in [0, 0.1) is 6.92 Å². The van der Waals surface area contributed by atoms with Crippen molar-refractivity contribution in [3.8, 4) is 0 Å². The van der Waals surface area contributed by atoms with E-state index < -0.39 is 0 Å². The highest BCUT2D eigenvalue weighted by molar-refractivity contribution is 8.01. The highest BCUT2D eigenvalue weighted by Gasteiger charge is 2.12. The van der Waals surface area contributed by atoms with Gasteiger partial charge in [-0.3, -0.25) is 0 Å². The first-order chi connectivity index (χ1) is 9.10. The minimum atomic E-state index is 0.518. The molecular formula is C11H12Cl2N4S2. The molecule has 0 aliphatic heterocycles. The van der Waals surface area contributed by atoms with Crippen LogP contribution in [0.1, 0.15) is 19.2 Å². The van der Waals surface area contributed by atoms with E-state index in [9.17, 15) is 0 Å². The van der Waals surface area contributed by atoms with Gasteiger partial charge in [-0.05, 0) is 42.7 Å². The number of anilines is 1. The molecule has 2 aromatic heterocycles. The molecule has 0 spiro atoms. The Morgan fingerprint density at radius 2 is 2.11 bits per heavy atom. The number of pyridine rings is 1. The number of rotatable bonds is 5. The second kappa shape index (κ2) is 6.74. The summed E-state index contributed by atoms with van der Waals surface area (Å²) in [6.07, 6.45) is 0.999. The van der Waals surface area contributed by atoms with Gasteiger partial charge < -0.3 is 5.32 Å². The van der Waals surface area contributed by atoms with Crippen molar-refractivity contribution in [2.45, 2.75) is 29.6 Å². The minimum Gasteiger partial charge on any atom is -0.369 e. The molecule has 0 radical (unpaired) electrons. The molecule has 4 nitrogen and oxygen atoms in total. The molecule has 0 amide bonds. The largest absolute Gasteiger partial charge is 0.369 e. The highest BCUT2D eigenvalue weighted by Crippen LogP contribution is 2.36. The van der Waals surface area contributed by atoms with Crippen LogP contribution in [0.25, 0.3) is 0 Å². The smallest absolute Gasteiger partial charge is 0.176 e. The number of hydrogen-bond acceptors (Lipinski definition) is 6. The number of aromatic nitrogens is 3. The second-order valence-electron chi connectivity index (χ2n) is 3.74. The molecule has 2 rings (SSSR count). The summed E-state index contributed by atoms with van der Waals surface area (Å²) in [5.74, 6) is 1.40. The Balaban J connectivity index is 2.24. The summed E-state index contributed by atoms with van der Waals surface area (Å²) in [6.45, 7) is 4.75. The first-order valence-corrected chi connectivity index (χ1v) is 8.02. The summed E-state index contributed by atoms with van der Waals surface area (Å²) < 4.78 is 4.94. The van der Waals surface area contributed by atoms with Gasteiger partial charge in [0.2, 0.25) is 0 Å². The van der Waals surface area contributed by atoms with Crippen molar-refractivity contribution in [2.24, 2.45) is 0 Å². The lowest BCUT2D eigenvalue weighted by molar-refractivity contribution is 0.959. The van der Waals surface area contributed by atoms with E-state index >= 15 is 0 Å². The molecular weight excluding hydrogens is 323 g/mol. The quantitative estimate of drug-likeness (QED) is 0.870. The normalized spacial score (nSPS) is 10.7. The molecule has 0 fully saturated rings. The van der Waals surface area contributed by atoms with Crippen molar-refractivity contribution in [1.82, 2.24) is 14.3 Å². The Morgan fingerprint density at radius 1 is 1.32 bits per heavy atom. The van der Waals surface area contributed by atoms with E-state index in [1.54, 1.807) is 6.07 Å². The van der Waals surface area contributed by atoms with Crippen LogP contribution in [0.5, 0.6) is 0 Å². The summed E-state index contributed by atoms with van der Waals surface area (Å²) in [5.41, 5.74) is 0. The third kappa shape index (κ3) is 3.95. The molecule has 2 heterocycles. The van der Waals surface area contributed by atoms with Crippen molar-refractivity contribution in [3.63, 3.8) is 0 Å². The van der Waals surface area contributed by atoms with Crippen molar-refractivity contribution >= 4 is 52.3 Å². The standard InChI is InChI=1S/C11H12Cl2N4S2/c1-3-4-14-9-7(12)5-8(13)10(16-9)18-11-15-6(2)17-19-11/h5H,3-4H2,1-2H3,(H,14,16). The van der Waals surface area contributed by atoms with Gasteiger partial charge in [0, 0.05) is 6.54 Å². The third-order valence-corrected chi connectivity index (χ3v) is 4.67. The molecule has 1 N–H and O–H groups in total. The number of nitrogens with one attached hydrogen (secondary N) is 1. The zero-order valence-corrected chi connectivity index (χ0v) is 13.6. The molecule has 0 unspecified atom stereocenters.